The van der Waals surface area contributed by atoms with Crippen molar-refractivity contribution in [3.05, 3.63) is 12.7 Å². The van der Waals surface area contributed by atoms with Crippen molar-refractivity contribution in [2.45, 2.75) is 25.5 Å². The Hall–Kier alpha value is -1.67. The largest absolute Gasteiger partial charge is 0.376 e. The first-order chi connectivity index (χ1) is 10.8. The second kappa shape index (κ2) is 7.55. The van der Waals surface area contributed by atoms with Gasteiger partial charge in [-0.1, -0.05) is 0 Å². The lowest BCUT2D eigenvalue weighted by Crippen LogP contribution is -2.53. The minimum absolute atomic E-state index is 0.0337. The number of nitrogens with one attached hydrogen (secondary N) is 1. The summed E-state index contributed by atoms with van der Waals surface area (Å²) in [7, 11) is 0. The number of amides is 2. The van der Waals surface area contributed by atoms with Crippen molar-refractivity contribution in [3.63, 3.8) is 0 Å². The summed E-state index contributed by atoms with van der Waals surface area (Å²) in [5.74, 6) is 0. The van der Waals surface area contributed by atoms with Crippen LogP contribution < -0.4 is 5.32 Å². The van der Waals surface area contributed by atoms with Gasteiger partial charge in [0.1, 0.15) is 12.7 Å². The number of hydrogen-bond donors (Lipinski definition) is 1. The quantitative estimate of drug-likeness (QED) is 0.814. The van der Waals surface area contributed by atoms with Gasteiger partial charge in [-0.3, -0.25) is 9.58 Å². The maximum atomic E-state index is 12.1. The zero-order chi connectivity index (χ0) is 15.2. The molecule has 2 aliphatic heterocycles. The molecule has 1 N–H and O–H groups in total. The second-order valence-electron chi connectivity index (χ2n) is 5.81. The summed E-state index contributed by atoms with van der Waals surface area (Å²) >= 11 is 0. The van der Waals surface area contributed by atoms with Crippen LogP contribution in [-0.2, 0) is 11.3 Å². The summed E-state index contributed by atoms with van der Waals surface area (Å²) in [4.78, 5) is 20.3. The van der Waals surface area contributed by atoms with E-state index in [0.717, 1.165) is 58.7 Å². The Morgan fingerprint density at radius 1 is 1.27 bits per heavy atom. The molecule has 2 saturated heterocycles. The van der Waals surface area contributed by atoms with Gasteiger partial charge in [-0.25, -0.2) is 9.78 Å². The summed E-state index contributed by atoms with van der Waals surface area (Å²) in [5.41, 5.74) is 0. The van der Waals surface area contributed by atoms with Crippen molar-refractivity contribution in [2.75, 3.05) is 45.9 Å². The molecule has 1 aromatic rings. The minimum atomic E-state index is 0.0337. The molecule has 1 aromatic heterocycles. The van der Waals surface area contributed by atoms with Gasteiger partial charge in [0.25, 0.3) is 0 Å². The third-order valence-corrected chi connectivity index (χ3v) is 4.28. The SMILES string of the molecule is O=C(NC[C@H]1CCCO1)N1CCN(CCn2cncn2)CC1. The van der Waals surface area contributed by atoms with Gasteiger partial charge in [0, 0.05) is 45.9 Å². The topological polar surface area (TPSA) is 75.5 Å². The van der Waals surface area contributed by atoms with Crippen molar-refractivity contribution in [2.24, 2.45) is 0 Å². The Labute approximate surface area is 130 Å². The summed E-state index contributed by atoms with van der Waals surface area (Å²) in [5, 5.41) is 7.08. The number of urea groups is 1. The van der Waals surface area contributed by atoms with Gasteiger partial charge in [0.15, 0.2) is 0 Å². The smallest absolute Gasteiger partial charge is 0.317 e. The molecule has 2 amide bonds. The number of rotatable bonds is 5. The van der Waals surface area contributed by atoms with E-state index in [1.165, 1.54) is 0 Å². The van der Waals surface area contributed by atoms with Crippen LogP contribution in [0.2, 0.25) is 0 Å². The predicted octanol–water partition coefficient (Wildman–Crippen LogP) is -0.216. The molecule has 2 aliphatic rings. The monoisotopic (exact) mass is 308 g/mol. The van der Waals surface area contributed by atoms with Gasteiger partial charge in [-0.15, -0.1) is 0 Å². The van der Waals surface area contributed by atoms with Crippen LogP contribution in [0.25, 0.3) is 0 Å². The number of aromatic nitrogens is 3. The first-order valence-electron chi connectivity index (χ1n) is 8.00. The minimum Gasteiger partial charge on any atom is -0.376 e. The molecule has 2 fully saturated rings. The fourth-order valence-corrected chi connectivity index (χ4v) is 2.88. The Morgan fingerprint density at radius 2 is 2.14 bits per heavy atom. The van der Waals surface area contributed by atoms with Crippen LogP contribution in [0.4, 0.5) is 4.79 Å². The number of hydrogen-bond acceptors (Lipinski definition) is 5. The molecular weight excluding hydrogens is 284 g/mol. The van der Waals surface area contributed by atoms with Gasteiger partial charge in [0.2, 0.25) is 0 Å². The summed E-state index contributed by atoms with van der Waals surface area (Å²) in [6.45, 7) is 6.59. The van der Waals surface area contributed by atoms with Crippen molar-refractivity contribution >= 4 is 6.03 Å². The molecular formula is C14H24N6O2. The number of carbonyl (C=O) groups excluding carboxylic acids is 1. The van der Waals surface area contributed by atoms with Crippen molar-refractivity contribution in [3.8, 4) is 0 Å². The van der Waals surface area contributed by atoms with Crippen LogP contribution >= 0.6 is 0 Å². The highest BCUT2D eigenvalue weighted by Gasteiger charge is 2.22. The first kappa shape index (κ1) is 15.2. The van der Waals surface area contributed by atoms with E-state index < -0.39 is 0 Å². The summed E-state index contributed by atoms with van der Waals surface area (Å²) < 4.78 is 7.35. The van der Waals surface area contributed by atoms with Crippen LogP contribution in [0.15, 0.2) is 12.7 Å². The Morgan fingerprint density at radius 3 is 2.82 bits per heavy atom. The molecule has 1 atom stereocenters. The highest BCUT2D eigenvalue weighted by Crippen LogP contribution is 2.11. The maximum Gasteiger partial charge on any atom is 0.317 e. The van der Waals surface area contributed by atoms with Crippen molar-refractivity contribution in [1.82, 2.24) is 29.9 Å². The zero-order valence-electron chi connectivity index (χ0n) is 12.9. The molecule has 0 saturated carbocycles. The molecule has 8 nitrogen and oxygen atoms in total. The Kier molecular flexibility index (Phi) is 5.23. The Bertz CT molecular complexity index is 452. The molecule has 122 valence electrons. The van der Waals surface area contributed by atoms with E-state index in [1.54, 1.807) is 12.7 Å². The molecule has 22 heavy (non-hydrogen) atoms. The summed E-state index contributed by atoms with van der Waals surface area (Å²) in [6, 6.07) is 0.0337. The van der Waals surface area contributed by atoms with Gasteiger partial charge in [0.05, 0.1) is 12.6 Å². The van der Waals surface area contributed by atoms with Crippen LogP contribution in [-0.4, -0.2) is 82.6 Å². The molecule has 3 rings (SSSR count). The average Bonchev–Trinajstić information content (AvgIpc) is 3.24. The van der Waals surface area contributed by atoms with Gasteiger partial charge >= 0.3 is 6.03 Å². The zero-order valence-corrected chi connectivity index (χ0v) is 12.9. The lowest BCUT2D eigenvalue weighted by molar-refractivity contribution is 0.104. The van der Waals surface area contributed by atoms with Crippen molar-refractivity contribution < 1.29 is 9.53 Å². The molecule has 0 bridgehead atoms. The van der Waals surface area contributed by atoms with E-state index >= 15 is 0 Å². The fraction of sp³-hybridized carbons (Fsp3) is 0.786. The molecule has 0 aliphatic carbocycles. The number of carbonyl (C=O) groups is 1. The van der Waals surface area contributed by atoms with E-state index in [-0.39, 0.29) is 12.1 Å². The van der Waals surface area contributed by atoms with E-state index in [4.69, 9.17) is 4.74 Å². The molecule has 0 aromatic carbocycles. The van der Waals surface area contributed by atoms with Crippen LogP contribution in [0, 0.1) is 0 Å². The molecule has 0 radical (unpaired) electrons. The summed E-state index contributed by atoms with van der Waals surface area (Å²) in [6.07, 6.45) is 5.64. The first-order valence-corrected chi connectivity index (χ1v) is 8.00. The second-order valence-corrected chi connectivity index (χ2v) is 5.81. The van der Waals surface area contributed by atoms with Gasteiger partial charge < -0.3 is 15.0 Å². The normalized spacial score (nSPS) is 22.9. The highest BCUT2D eigenvalue weighted by atomic mass is 16.5. The van der Waals surface area contributed by atoms with E-state index in [1.807, 2.05) is 9.58 Å². The average molecular weight is 308 g/mol. The predicted molar refractivity (Wildman–Crippen MR) is 80.4 cm³/mol. The Balaban J connectivity index is 1.33. The lowest BCUT2D eigenvalue weighted by Gasteiger charge is -2.34. The van der Waals surface area contributed by atoms with Gasteiger partial charge in [-0.05, 0) is 12.8 Å². The third kappa shape index (κ3) is 4.17. The third-order valence-electron chi connectivity index (χ3n) is 4.28. The molecule has 0 unspecified atom stereocenters. The van der Waals surface area contributed by atoms with E-state index in [2.05, 4.69) is 20.3 Å². The number of nitrogens with zero attached hydrogens (tertiary/aromatic N) is 5. The molecule has 0 spiro atoms. The van der Waals surface area contributed by atoms with E-state index in [9.17, 15) is 4.79 Å². The molecule has 8 heteroatoms. The highest BCUT2D eigenvalue weighted by molar-refractivity contribution is 5.74. The van der Waals surface area contributed by atoms with Crippen LogP contribution in [0.3, 0.4) is 0 Å². The molecule has 3 heterocycles. The number of ether oxygens (including phenoxy) is 1. The van der Waals surface area contributed by atoms with Gasteiger partial charge in [-0.2, -0.15) is 5.10 Å². The number of piperazine rings is 1. The fourth-order valence-electron chi connectivity index (χ4n) is 2.88. The van der Waals surface area contributed by atoms with Crippen LogP contribution in [0.5, 0.6) is 0 Å². The maximum absolute atomic E-state index is 12.1. The van der Waals surface area contributed by atoms with Crippen LogP contribution in [0.1, 0.15) is 12.8 Å². The standard InChI is InChI=1S/C14H24N6O2/c21-14(16-10-13-2-1-9-22-13)19-6-3-18(4-7-19)5-8-20-12-15-11-17-20/h11-13H,1-10H2,(H,16,21)/t13-/m1/s1. The lowest BCUT2D eigenvalue weighted by atomic mass is 10.2. The van der Waals surface area contributed by atoms with Crippen molar-refractivity contribution in [1.29, 1.82) is 0 Å². The van der Waals surface area contributed by atoms with E-state index in [0.29, 0.717) is 6.54 Å².